The molecule has 0 atom stereocenters. The van der Waals surface area contributed by atoms with Crippen LogP contribution >= 0.6 is 0 Å². The van der Waals surface area contributed by atoms with Crippen LogP contribution in [0.1, 0.15) is 38.3 Å². The molecule has 18 heavy (non-hydrogen) atoms. The average molecular weight is 244 g/mol. The summed E-state index contributed by atoms with van der Waals surface area (Å²) in [5.74, 6) is 1.23. The molecule has 2 aromatic rings. The molecule has 1 saturated carbocycles. The highest BCUT2D eigenvalue weighted by Gasteiger charge is 2.30. The molecule has 0 aliphatic heterocycles. The van der Waals surface area contributed by atoms with Gasteiger partial charge in [0.1, 0.15) is 5.82 Å². The quantitative estimate of drug-likeness (QED) is 0.900. The van der Waals surface area contributed by atoms with Crippen molar-refractivity contribution in [2.45, 2.75) is 32.6 Å². The van der Waals surface area contributed by atoms with E-state index in [1.54, 1.807) is 6.20 Å². The van der Waals surface area contributed by atoms with Crippen molar-refractivity contribution >= 4 is 17.4 Å². The summed E-state index contributed by atoms with van der Waals surface area (Å²) in [4.78, 5) is 16.2. The van der Waals surface area contributed by atoms with Gasteiger partial charge in [-0.3, -0.25) is 4.79 Å². The van der Waals surface area contributed by atoms with E-state index in [4.69, 9.17) is 0 Å². The van der Waals surface area contributed by atoms with Crippen molar-refractivity contribution < 1.29 is 4.79 Å². The van der Waals surface area contributed by atoms with Gasteiger partial charge >= 0.3 is 0 Å². The number of fused-ring (bicyclic) bond motifs is 1. The summed E-state index contributed by atoms with van der Waals surface area (Å²) in [5.41, 5.74) is 1.82. The monoisotopic (exact) mass is 244 g/mol. The Morgan fingerprint density at radius 1 is 1.50 bits per heavy atom. The highest BCUT2D eigenvalue weighted by Crippen LogP contribution is 2.30. The van der Waals surface area contributed by atoms with Gasteiger partial charge in [-0.1, -0.05) is 13.8 Å². The first-order valence-corrected chi connectivity index (χ1v) is 6.30. The van der Waals surface area contributed by atoms with E-state index in [2.05, 4.69) is 29.2 Å². The summed E-state index contributed by atoms with van der Waals surface area (Å²) < 4.78 is 1.82. The number of hydrogen-bond acceptors (Lipinski definition) is 3. The van der Waals surface area contributed by atoms with Crippen LogP contribution in [0.2, 0.25) is 0 Å². The maximum atomic E-state index is 11.8. The minimum atomic E-state index is 0.0843. The number of aromatic nitrogens is 3. The first kappa shape index (κ1) is 11.2. The lowest BCUT2D eigenvalue weighted by Crippen LogP contribution is -2.15. The van der Waals surface area contributed by atoms with E-state index in [1.165, 1.54) is 0 Å². The number of hydrogen-bond donors (Lipinski definition) is 1. The number of carbonyl (C=O) groups excluding carboxylic acids is 1. The number of anilines is 1. The molecule has 1 aliphatic rings. The first-order valence-electron chi connectivity index (χ1n) is 6.30. The lowest BCUT2D eigenvalue weighted by Gasteiger charge is -2.11. The van der Waals surface area contributed by atoms with Gasteiger partial charge in [-0.15, -0.1) is 0 Å². The Kier molecular flexibility index (Phi) is 2.54. The van der Waals surface area contributed by atoms with Crippen LogP contribution < -0.4 is 5.32 Å². The van der Waals surface area contributed by atoms with E-state index in [1.807, 2.05) is 16.6 Å². The minimum Gasteiger partial charge on any atom is -0.310 e. The Hall–Kier alpha value is -1.91. The molecule has 1 amide bonds. The number of amides is 1. The Balaban J connectivity index is 1.98. The molecule has 5 nitrogen and oxygen atoms in total. The number of nitrogens with zero attached hydrogens (tertiary/aromatic N) is 3. The van der Waals surface area contributed by atoms with Gasteiger partial charge < -0.3 is 5.32 Å². The number of nitrogens with one attached hydrogen (secondary N) is 1. The fourth-order valence-corrected chi connectivity index (χ4v) is 1.99. The normalized spacial score (nSPS) is 15.3. The molecule has 1 N–H and O–H groups in total. The van der Waals surface area contributed by atoms with Crippen molar-refractivity contribution in [1.29, 1.82) is 0 Å². The van der Waals surface area contributed by atoms with Gasteiger partial charge in [-0.2, -0.15) is 5.10 Å². The first-order chi connectivity index (χ1) is 8.65. The summed E-state index contributed by atoms with van der Waals surface area (Å²) in [6.07, 6.45) is 3.72. The smallest absolute Gasteiger partial charge is 0.228 e. The predicted molar refractivity (Wildman–Crippen MR) is 68.4 cm³/mol. The zero-order valence-corrected chi connectivity index (χ0v) is 10.6. The average Bonchev–Trinajstić information content (AvgIpc) is 3.07. The van der Waals surface area contributed by atoms with Crippen LogP contribution in [0, 0.1) is 5.92 Å². The molecular formula is C13H16N4O. The van der Waals surface area contributed by atoms with E-state index in [0.29, 0.717) is 11.7 Å². The summed E-state index contributed by atoms with van der Waals surface area (Å²) >= 11 is 0. The molecule has 0 saturated heterocycles. The highest BCUT2D eigenvalue weighted by atomic mass is 16.2. The van der Waals surface area contributed by atoms with Crippen molar-refractivity contribution in [2.24, 2.45) is 5.92 Å². The Morgan fingerprint density at radius 2 is 2.28 bits per heavy atom. The zero-order chi connectivity index (χ0) is 12.7. The Labute approximate surface area is 105 Å². The van der Waals surface area contributed by atoms with Crippen molar-refractivity contribution in [1.82, 2.24) is 14.6 Å². The molecule has 0 radical (unpaired) electrons. The Morgan fingerprint density at radius 3 is 2.94 bits per heavy atom. The third kappa shape index (κ3) is 1.96. The van der Waals surface area contributed by atoms with E-state index >= 15 is 0 Å². The van der Waals surface area contributed by atoms with Crippen molar-refractivity contribution in [2.75, 3.05) is 5.32 Å². The van der Waals surface area contributed by atoms with Gasteiger partial charge in [-0.25, -0.2) is 9.50 Å². The van der Waals surface area contributed by atoms with Crippen molar-refractivity contribution in [3.63, 3.8) is 0 Å². The third-order valence-electron chi connectivity index (χ3n) is 3.18. The van der Waals surface area contributed by atoms with Gasteiger partial charge in [0.05, 0.1) is 11.9 Å². The second-order valence-corrected chi connectivity index (χ2v) is 5.09. The second-order valence-electron chi connectivity index (χ2n) is 5.09. The van der Waals surface area contributed by atoms with Crippen LogP contribution in [0.4, 0.5) is 5.82 Å². The molecule has 0 spiro atoms. The molecule has 1 fully saturated rings. The van der Waals surface area contributed by atoms with Crippen LogP contribution in [0.3, 0.4) is 0 Å². The molecule has 0 bridgehead atoms. The van der Waals surface area contributed by atoms with Gasteiger partial charge in [0.2, 0.25) is 5.91 Å². The van der Waals surface area contributed by atoms with Crippen LogP contribution in [-0.2, 0) is 4.79 Å². The fraction of sp³-hybridized carbons (Fsp3) is 0.462. The molecule has 5 heteroatoms. The summed E-state index contributed by atoms with van der Waals surface area (Å²) in [7, 11) is 0. The largest absolute Gasteiger partial charge is 0.310 e. The standard InChI is InChI=1S/C13H16N4O/c1-8(2)10-7-11(16-13(18)9-3-4-9)15-12-5-6-14-17(10)12/h5-9H,3-4H2,1-2H3,(H,15,16,18). The Bertz CT molecular complexity index is 598. The van der Waals surface area contributed by atoms with Crippen molar-refractivity contribution in [3.05, 3.63) is 24.0 Å². The summed E-state index contributed by atoms with van der Waals surface area (Å²) in [6.45, 7) is 4.20. The lowest BCUT2D eigenvalue weighted by molar-refractivity contribution is -0.117. The van der Waals surface area contributed by atoms with Gasteiger partial charge in [0.25, 0.3) is 0 Å². The van der Waals surface area contributed by atoms with Crippen LogP contribution in [0.15, 0.2) is 18.3 Å². The van der Waals surface area contributed by atoms with Crippen LogP contribution in [0.5, 0.6) is 0 Å². The summed E-state index contributed by atoms with van der Waals surface area (Å²) in [5, 5.41) is 7.14. The maximum absolute atomic E-state index is 11.8. The number of carbonyl (C=O) groups is 1. The predicted octanol–water partition coefficient (Wildman–Crippen LogP) is 2.20. The molecule has 94 valence electrons. The molecule has 0 aromatic carbocycles. The molecule has 0 unspecified atom stereocenters. The van der Waals surface area contributed by atoms with E-state index in [0.717, 1.165) is 24.2 Å². The molecule has 1 aliphatic carbocycles. The lowest BCUT2D eigenvalue weighted by atomic mass is 10.1. The highest BCUT2D eigenvalue weighted by molar-refractivity contribution is 5.93. The summed E-state index contributed by atoms with van der Waals surface area (Å²) in [6, 6.07) is 3.75. The van der Waals surface area contributed by atoms with E-state index < -0.39 is 0 Å². The molecule has 2 heterocycles. The van der Waals surface area contributed by atoms with Gasteiger partial charge in [0.15, 0.2) is 5.65 Å². The third-order valence-corrected chi connectivity index (χ3v) is 3.18. The van der Waals surface area contributed by atoms with Crippen LogP contribution in [0.25, 0.3) is 5.65 Å². The van der Waals surface area contributed by atoms with Gasteiger partial charge in [0, 0.05) is 18.1 Å². The molecular weight excluding hydrogens is 228 g/mol. The second kappa shape index (κ2) is 4.08. The SMILES string of the molecule is CC(C)c1cc(NC(=O)C2CC2)nc2ccnn12. The topological polar surface area (TPSA) is 59.3 Å². The van der Waals surface area contributed by atoms with E-state index in [-0.39, 0.29) is 11.8 Å². The van der Waals surface area contributed by atoms with Crippen LogP contribution in [-0.4, -0.2) is 20.5 Å². The van der Waals surface area contributed by atoms with Gasteiger partial charge in [-0.05, 0) is 18.8 Å². The van der Waals surface area contributed by atoms with Crippen molar-refractivity contribution in [3.8, 4) is 0 Å². The number of rotatable bonds is 3. The zero-order valence-electron chi connectivity index (χ0n) is 10.6. The molecule has 2 aromatic heterocycles. The maximum Gasteiger partial charge on any atom is 0.228 e. The fourth-order valence-electron chi connectivity index (χ4n) is 1.99. The minimum absolute atomic E-state index is 0.0843. The van der Waals surface area contributed by atoms with E-state index in [9.17, 15) is 4.79 Å². The molecule has 3 rings (SSSR count).